The lowest BCUT2D eigenvalue weighted by Gasteiger charge is -2.08. The Kier molecular flexibility index (Phi) is 4.65. The molecule has 0 saturated carbocycles. The van der Waals surface area contributed by atoms with Gasteiger partial charge in [-0.25, -0.2) is 0 Å². The molecule has 3 N–H and O–H groups in total. The second kappa shape index (κ2) is 6.65. The number of carbonyl (C=O) groups is 1. The van der Waals surface area contributed by atoms with Gasteiger partial charge in [0.15, 0.2) is 6.61 Å². The molecule has 0 aliphatic heterocycles. The number of ether oxygens (including phenoxy) is 1. The van der Waals surface area contributed by atoms with Crippen molar-refractivity contribution in [1.29, 1.82) is 0 Å². The predicted molar refractivity (Wildman–Crippen MR) is 76.5 cm³/mol. The van der Waals surface area contributed by atoms with E-state index in [4.69, 9.17) is 14.9 Å². The number of hydrogen-bond acceptors (Lipinski definition) is 4. The fourth-order valence-electron chi connectivity index (χ4n) is 1.75. The molecule has 0 spiro atoms. The summed E-state index contributed by atoms with van der Waals surface area (Å²) in [5, 5.41) is 3.24. The van der Waals surface area contributed by atoms with Gasteiger partial charge in [0.1, 0.15) is 17.3 Å². The first kappa shape index (κ1) is 14.0. The molecule has 1 aromatic carbocycles. The number of nitrogens with one attached hydrogen (secondary N) is 1. The number of anilines is 1. The van der Waals surface area contributed by atoms with Crippen molar-refractivity contribution in [2.45, 2.75) is 19.9 Å². The lowest BCUT2D eigenvalue weighted by atomic mass is 10.3. The van der Waals surface area contributed by atoms with E-state index in [0.717, 1.165) is 23.6 Å². The molecule has 2 aromatic rings. The van der Waals surface area contributed by atoms with Gasteiger partial charge in [-0.15, -0.1) is 0 Å². The number of rotatable bonds is 7. The number of furan rings is 1. The number of aryl methyl sites for hydroxylation is 1. The maximum atomic E-state index is 10.7. The third kappa shape index (κ3) is 4.05. The van der Waals surface area contributed by atoms with Crippen LogP contribution in [0.25, 0.3) is 0 Å². The molecule has 0 aliphatic rings. The van der Waals surface area contributed by atoms with Crippen LogP contribution in [-0.4, -0.2) is 12.5 Å². The zero-order valence-corrected chi connectivity index (χ0v) is 11.4. The summed E-state index contributed by atoms with van der Waals surface area (Å²) in [7, 11) is 0. The summed E-state index contributed by atoms with van der Waals surface area (Å²) in [5.74, 6) is 1.96. The third-order valence-electron chi connectivity index (χ3n) is 2.75. The van der Waals surface area contributed by atoms with Gasteiger partial charge in [-0.3, -0.25) is 4.79 Å². The van der Waals surface area contributed by atoms with E-state index in [0.29, 0.717) is 12.3 Å². The number of benzene rings is 1. The molecular formula is C15H18N2O3. The van der Waals surface area contributed by atoms with Gasteiger partial charge < -0.3 is 20.2 Å². The molecule has 1 heterocycles. The van der Waals surface area contributed by atoms with Crippen molar-refractivity contribution < 1.29 is 13.9 Å². The molecule has 20 heavy (non-hydrogen) atoms. The van der Waals surface area contributed by atoms with Crippen LogP contribution in [0.1, 0.15) is 18.4 Å². The van der Waals surface area contributed by atoms with Crippen LogP contribution in [0.15, 0.2) is 40.8 Å². The molecule has 1 aromatic heterocycles. The average Bonchev–Trinajstić information content (AvgIpc) is 2.91. The average molecular weight is 274 g/mol. The largest absolute Gasteiger partial charge is 0.484 e. The maximum absolute atomic E-state index is 10.7. The fourth-order valence-corrected chi connectivity index (χ4v) is 1.75. The van der Waals surface area contributed by atoms with Crippen LogP contribution in [0, 0.1) is 0 Å². The summed E-state index contributed by atoms with van der Waals surface area (Å²) in [6.45, 7) is 2.52. The standard InChI is InChI=1S/C15H18N2O3/c1-2-12-6-7-14(20-12)9-17-11-4-3-5-13(8-11)19-10-15(16)18/h3-8,17H,2,9-10H2,1H3,(H2,16,18). The lowest BCUT2D eigenvalue weighted by Crippen LogP contribution is -2.20. The number of primary amides is 1. The van der Waals surface area contributed by atoms with Crippen LogP contribution in [-0.2, 0) is 17.8 Å². The highest BCUT2D eigenvalue weighted by molar-refractivity contribution is 5.75. The van der Waals surface area contributed by atoms with Crippen molar-refractivity contribution in [2.24, 2.45) is 5.73 Å². The highest BCUT2D eigenvalue weighted by atomic mass is 16.5. The molecule has 0 aliphatic carbocycles. The van der Waals surface area contributed by atoms with Crippen LogP contribution >= 0.6 is 0 Å². The number of carbonyl (C=O) groups excluding carboxylic acids is 1. The van der Waals surface area contributed by atoms with Crippen LogP contribution in [0.4, 0.5) is 5.69 Å². The first-order chi connectivity index (χ1) is 9.67. The van der Waals surface area contributed by atoms with E-state index in [-0.39, 0.29) is 6.61 Å². The van der Waals surface area contributed by atoms with Gasteiger partial charge in [-0.1, -0.05) is 13.0 Å². The molecule has 0 unspecified atom stereocenters. The third-order valence-corrected chi connectivity index (χ3v) is 2.75. The molecule has 0 atom stereocenters. The molecule has 0 saturated heterocycles. The van der Waals surface area contributed by atoms with Crippen molar-refractivity contribution in [3.63, 3.8) is 0 Å². The van der Waals surface area contributed by atoms with Gasteiger partial charge in [0.2, 0.25) is 0 Å². The van der Waals surface area contributed by atoms with Crippen LogP contribution in [0.3, 0.4) is 0 Å². The van der Waals surface area contributed by atoms with Crippen LogP contribution in [0.2, 0.25) is 0 Å². The lowest BCUT2D eigenvalue weighted by molar-refractivity contribution is -0.119. The van der Waals surface area contributed by atoms with Gasteiger partial charge in [-0.05, 0) is 24.3 Å². The van der Waals surface area contributed by atoms with E-state index in [2.05, 4.69) is 12.2 Å². The summed E-state index contributed by atoms with van der Waals surface area (Å²) >= 11 is 0. The molecule has 1 amide bonds. The Bertz CT molecular complexity index is 578. The van der Waals surface area contributed by atoms with Crippen LogP contribution in [0.5, 0.6) is 5.75 Å². The predicted octanol–water partition coefficient (Wildman–Crippen LogP) is 2.32. The zero-order chi connectivity index (χ0) is 14.4. The van der Waals surface area contributed by atoms with Crippen molar-refractivity contribution in [1.82, 2.24) is 0 Å². The second-order valence-electron chi connectivity index (χ2n) is 4.36. The Balaban J connectivity index is 1.92. The first-order valence-corrected chi connectivity index (χ1v) is 6.50. The van der Waals surface area contributed by atoms with Crippen molar-refractivity contribution in [3.05, 3.63) is 47.9 Å². The summed E-state index contributed by atoms with van der Waals surface area (Å²) < 4.78 is 10.9. The maximum Gasteiger partial charge on any atom is 0.255 e. The Labute approximate surface area is 117 Å². The molecule has 0 bridgehead atoms. The van der Waals surface area contributed by atoms with Gasteiger partial charge in [0.25, 0.3) is 5.91 Å². The van der Waals surface area contributed by atoms with Gasteiger partial charge in [0.05, 0.1) is 6.54 Å². The smallest absolute Gasteiger partial charge is 0.255 e. The van der Waals surface area contributed by atoms with E-state index in [1.54, 1.807) is 6.07 Å². The van der Waals surface area contributed by atoms with Gasteiger partial charge in [0, 0.05) is 18.2 Å². The second-order valence-corrected chi connectivity index (χ2v) is 4.36. The van der Waals surface area contributed by atoms with Gasteiger partial charge >= 0.3 is 0 Å². The Morgan fingerprint density at radius 1 is 1.30 bits per heavy atom. The molecule has 0 fully saturated rings. The summed E-state index contributed by atoms with van der Waals surface area (Å²) in [4.78, 5) is 10.7. The molecule has 5 heteroatoms. The minimum Gasteiger partial charge on any atom is -0.484 e. The molecule has 106 valence electrons. The molecule has 5 nitrogen and oxygen atoms in total. The van der Waals surface area contributed by atoms with Crippen molar-refractivity contribution in [2.75, 3.05) is 11.9 Å². The molecular weight excluding hydrogens is 256 g/mol. The summed E-state index contributed by atoms with van der Waals surface area (Å²) in [6, 6.07) is 11.3. The summed E-state index contributed by atoms with van der Waals surface area (Å²) in [6.07, 6.45) is 0.885. The Hall–Kier alpha value is -2.43. The SMILES string of the molecule is CCc1ccc(CNc2cccc(OCC(N)=O)c2)o1. The summed E-state index contributed by atoms with van der Waals surface area (Å²) in [5.41, 5.74) is 5.93. The molecule has 0 radical (unpaired) electrons. The highest BCUT2D eigenvalue weighted by Gasteiger charge is 2.02. The van der Waals surface area contributed by atoms with E-state index < -0.39 is 5.91 Å². The van der Waals surface area contributed by atoms with Crippen molar-refractivity contribution >= 4 is 11.6 Å². The Morgan fingerprint density at radius 3 is 2.80 bits per heavy atom. The number of nitrogens with two attached hydrogens (primary N) is 1. The van der Waals surface area contributed by atoms with Gasteiger partial charge in [-0.2, -0.15) is 0 Å². The van der Waals surface area contributed by atoms with E-state index in [9.17, 15) is 4.79 Å². The number of amides is 1. The first-order valence-electron chi connectivity index (χ1n) is 6.50. The van der Waals surface area contributed by atoms with Crippen LogP contribution < -0.4 is 15.8 Å². The van der Waals surface area contributed by atoms with E-state index in [1.165, 1.54) is 0 Å². The molecule has 2 rings (SSSR count). The zero-order valence-electron chi connectivity index (χ0n) is 11.4. The monoisotopic (exact) mass is 274 g/mol. The van der Waals surface area contributed by atoms with Crippen molar-refractivity contribution in [3.8, 4) is 5.75 Å². The normalized spacial score (nSPS) is 10.2. The minimum absolute atomic E-state index is 0.124. The van der Waals surface area contributed by atoms with E-state index in [1.807, 2.05) is 30.3 Å². The fraction of sp³-hybridized carbons (Fsp3) is 0.267. The highest BCUT2D eigenvalue weighted by Crippen LogP contribution is 2.18. The Morgan fingerprint density at radius 2 is 2.10 bits per heavy atom. The minimum atomic E-state index is -0.494. The quantitative estimate of drug-likeness (QED) is 0.812. The topological polar surface area (TPSA) is 77.5 Å². The van der Waals surface area contributed by atoms with E-state index >= 15 is 0 Å². The number of hydrogen-bond donors (Lipinski definition) is 2.